The Kier molecular flexibility index (Phi) is 6.81. The molecular weight excluding hydrogens is 342 g/mol. The molecule has 5 heteroatoms. The number of carbonyl (C=O) groups is 1. The monoisotopic (exact) mass is 367 g/mol. The summed E-state index contributed by atoms with van der Waals surface area (Å²) in [5.41, 5.74) is 0.888. The van der Waals surface area contributed by atoms with Gasteiger partial charge in [-0.25, -0.2) is 0 Å². The molecule has 0 aliphatic carbocycles. The molecule has 2 fully saturated rings. The van der Waals surface area contributed by atoms with Crippen LogP contribution in [-0.4, -0.2) is 59.1 Å². The van der Waals surface area contributed by atoms with Crippen molar-refractivity contribution in [3.8, 4) is 0 Å². The van der Waals surface area contributed by atoms with Gasteiger partial charge in [0, 0.05) is 52.0 Å². The van der Waals surface area contributed by atoms with E-state index in [0.29, 0.717) is 11.8 Å². The molecule has 2 heterocycles. The molecule has 1 atom stereocenters. The molecule has 2 aliphatic rings. The molecule has 3 rings (SSSR count). The minimum absolute atomic E-state index is 0.183. The number of carbonyl (C=O) groups excluding carboxylic acids is 1. The molecular formula is C18H25NOS3. The first-order valence-electron chi connectivity index (χ1n) is 8.35. The summed E-state index contributed by atoms with van der Waals surface area (Å²) in [7, 11) is 0. The van der Waals surface area contributed by atoms with Crippen LogP contribution in [0.15, 0.2) is 29.2 Å². The van der Waals surface area contributed by atoms with E-state index >= 15 is 0 Å². The van der Waals surface area contributed by atoms with Gasteiger partial charge in [-0.3, -0.25) is 9.69 Å². The molecule has 0 amide bonds. The highest BCUT2D eigenvalue weighted by atomic mass is 32.2. The second-order valence-corrected chi connectivity index (χ2v) is 9.41. The average Bonchev–Trinajstić information content (AvgIpc) is 2.91. The normalized spacial score (nSPS) is 24.3. The Morgan fingerprint density at radius 2 is 1.87 bits per heavy atom. The Bertz CT molecular complexity index is 512. The Hall–Kier alpha value is -0.100. The molecule has 0 radical (unpaired) electrons. The highest BCUT2D eigenvalue weighted by Gasteiger charge is 2.30. The van der Waals surface area contributed by atoms with E-state index < -0.39 is 0 Å². The standard InChI is InChI=1S/C18H25NOS3/c1-21-17-6-4-14(5-7-17)18(20)15-3-2-8-19(11-15)16-12-22-9-10-23-13-16/h4-7,15-16H,2-3,8-13H2,1H3. The maximum absolute atomic E-state index is 12.9. The largest absolute Gasteiger partial charge is 0.298 e. The Balaban J connectivity index is 1.63. The summed E-state index contributed by atoms with van der Waals surface area (Å²) < 4.78 is 0. The lowest BCUT2D eigenvalue weighted by Gasteiger charge is -2.37. The molecule has 0 N–H and O–H groups in total. The third-order valence-corrected chi connectivity index (χ3v) is 7.94. The first-order valence-corrected chi connectivity index (χ1v) is 11.9. The number of ketones is 1. The molecule has 2 aliphatic heterocycles. The van der Waals surface area contributed by atoms with Gasteiger partial charge in [-0.2, -0.15) is 23.5 Å². The van der Waals surface area contributed by atoms with E-state index in [4.69, 9.17) is 0 Å². The summed E-state index contributed by atoms with van der Waals surface area (Å²) in [5.74, 6) is 5.55. The Labute approximate surface area is 152 Å². The topological polar surface area (TPSA) is 20.3 Å². The molecule has 0 saturated carbocycles. The number of benzene rings is 1. The summed E-state index contributed by atoms with van der Waals surface area (Å²) in [5, 5.41) is 0. The zero-order valence-electron chi connectivity index (χ0n) is 13.7. The molecule has 1 unspecified atom stereocenters. The second-order valence-electron chi connectivity index (χ2n) is 6.23. The van der Waals surface area contributed by atoms with Crippen molar-refractivity contribution in [3.63, 3.8) is 0 Å². The SMILES string of the molecule is CSc1ccc(C(=O)C2CCCN(C3CSCCSC3)C2)cc1. The van der Waals surface area contributed by atoms with Gasteiger partial charge in [0.1, 0.15) is 0 Å². The number of Topliss-reactive ketones (excluding diaryl/α,β-unsaturated/α-hetero) is 1. The lowest BCUT2D eigenvalue weighted by atomic mass is 9.89. The number of hydrogen-bond acceptors (Lipinski definition) is 5. The Morgan fingerprint density at radius 3 is 2.52 bits per heavy atom. The minimum atomic E-state index is 0.183. The number of hydrogen-bond donors (Lipinski definition) is 0. The molecule has 2 nitrogen and oxygen atoms in total. The summed E-state index contributed by atoms with van der Waals surface area (Å²) in [6.07, 6.45) is 4.27. The third kappa shape index (κ3) is 4.71. The smallest absolute Gasteiger partial charge is 0.167 e. The molecule has 0 aromatic heterocycles. The van der Waals surface area contributed by atoms with Crippen molar-refractivity contribution in [2.24, 2.45) is 5.92 Å². The molecule has 1 aromatic carbocycles. The van der Waals surface area contributed by atoms with Gasteiger partial charge in [-0.05, 0) is 37.8 Å². The maximum Gasteiger partial charge on any atom is 0.167 e. The van der Waals surface area contributed by atoms with E-state index in [0.717, 1.165) is 24.9 Å². The number of rotatable bonds is 4. The minimum Gasteiger partial charge on any atom is -0.298 e. The van der Waals surface area contributed by atoms with Crippen molar-refractivity contribution in [3.05, 3.63) is 29.8 Å². The van der Waals surface area contributed by atoms with Crippen molar-refractivity contribution in [2.75, 3.05) is 42.4 Å². The summed E-state index contributed by atoms with van der Waals surface area (Å²) in [6.45, 7) is 2.12. The van der Waals surface area contributed by atoms with E-state index in [-0.39, 0.29) is 5.92 Å². The van der Waals surface area contributed by atoms with Crippen LogP contribution in [0.3, 0.4) is 0 Å². The average molecular weight is 368 g/mol. The van der Waals surface area contributed by atoms with Crippen molar-refractivity contribution >= 4 is 41.1 Å². The Morgan fingerprint density at radius 1 is 1.17 bits per heavy atom. The molecule has 2 saturated heterocycles. The molecule has 1 aromatic rings. The van der Waals surface area contributed by atoms with Gasteiger partial charge in [-0.1, -0.05) is 12.1 Å². The van der Waals surface area contributed by atoms with Crippen molar-refractivity contribution in [1.82, 2.24) is 4.90 Å². The first kappa shape index (κ1) is 17.7. The zero-order valence-corrected chi connectivity index (χ0v) is 16.2. The van der Waals surface area contributed by atoms with Gasteiger partial charge >= 0.3 is 0 Å². The molecule has 0 spiro atoms. The molecule has 23 heavy (non-hydrogen) atoms. The van der Waals surface area contributed by atoms with Gasteiger partial charge in [0.15, 0.2) is 5.78 Å². The van der Waals surface area contributed by atoms with Gasteiger partial charge in [0.25, 0.3) is 0 Å². The quantitative estimate of drug-likeness (QED) is 0.587. The van der Waals surface area contributed by atoms with Crippen LogP contribution >= 0.6 is 35.3 Å². The number of likely N-dealkylation sites (tertiary alicyclic amines) is 1. The van der Waals surface area contributed by atoms with Gasteiger partial charge in [-0.15, -0.1) is 11.8 Å². The van der Waals surface area contributed by atoms with E-state index in [1.807, 2.05) is 12.1 Å². The second kappa shape index (κ2) is 8.84. The van der Waals surface area contributed by atoms with Crippen molar-refractivity contribution < 1.29 is 4.79 Å². The van der Waals surface area contributed by atoms with Gasteiger partial charge in [0.05, 0.1) is 0 Å². The predicted octanol–water partition coefficient (Wildman–Crippen LogP) is 4.15. The molecule has 0 bridgehead atoms. The van der Waals surface area contributed by atoms with E-state index in [2.05, 4.69) is 46.8 Å². The van der Waals surface area contributed by atoms with Crippen LogP contribution in [0.25, 0.3) is 0 Å². The fourth-order valence-corrected chi connectivity index (χ4v) is 6.39. The predicted molar refractivity (Wildman–Crippen MR) is 105 cm³/mol. The van der Waals surface area contributed by atoms with Crippen molar-refractivity contribution in [2.45, 2.75) is 23.8 Å². The van der Waals surface area contributed by atoms with Crippen LogP contribution in [0, 0.1) is 5.92 Å². The van der Waals surface area contributed by atoms with E-state index in [9.17, 15) is 4.79 Å². The van der Waals surface area contributed by atoms with Crippen LogP contribution < -0.4 is 0 Å². The fourth-order valence-electron chi connectivity index (χ4n) is 3.36. The first-order chi connectivity index (χ1) is 11.3. The maximum atomic E-state index is 12.9. The van der Waals surface area contributed by atoms with E-state index in [1.165, 1.54) is 34.5 Å². The summed E-state index contributed by atoms with van der Waals surface area (Å²) in [4.78, 5) is 16.7. The number of nitrogens with zero attached hydrogens (tertiary/aromatic N) is 1. The lowest BCUT2D eigenvalue weighted by molar-refractivity contribution is 0.0787. The third-order valence-electron chi connectivity index (χ3n) is 4.71. The molecule has 126 valence electrons. The number of thioether (sulfide) groups is 3. The van der Waals surface area contributed by atoms with Crippen LogP contribution in [0.1, 0.15) is 23.2 Å². The van der Waals surface area contributed by atoms with Crippen LogP contribution in [0.2, 0.25) is 0 Å². The zero-order chi connectivity index (χ0) is 16.1. The highest BCUT2D eigenvalue weighted by molar-refractivity contribution is 8.03. The summed E-state index contributed by atoms with van der Waals surface area (Å²) >= 11 is 5.88. The summed E-state index contributed by atoms with van der Waals surface area (Å²) in [6, 6.07) is 8.80. The van der Waals surface area contributed by atoms with Crippen LogP contribution in [0.4, 0.5) is 0 Å². The van der Waals surface area contributed by atoms with Crippen LogP contribution in [0.5, 0.6) is 0 Å². The van der Waals surface area contributed by atoms with Crippen LogP contribution in [-0.2, 0) is 0 Å². The lowest BCUT2D eigenvalue weighted by Crippen LogP contribution is -2.46. The van der Waals surface area contributed by atoms with Crippen molar-refractivity contribution in [1.29, 1.82) is 0 Å². The fraction of sp³-hybridized carbons (Fsp3) is 0.611. The van der Waals surface area contributed by atoms with Gasteiger partial charge in [0.2, 0.25) is 0 Å². The number of piperidine rings is 1. The van der Waals surface area contributed by atoms with Gasteiger partial charge < -0.3 is 0 Å². The highest BCUT2D eigenvalue weighted by Crippen LogP contribution is 2.27. The van der Waals surface area contributed by atoms with E-state index in [1.54, 1.807) is 11.8 Å².